The van der Waals surface area contributed by atoms with Crippen LogP contribution in [0.15, 0.2) is 35.4 Å². The van der Waals surface area contributed by atoms with Crippen LogP contribution in [0.4, 0.5) is 0 Å². The molecule has 34 heavy (non-hydrogen) atoms. The first-order valence-electron chi connectivity index (χ1n) is 12.0. The summed E-state index contributed by atoms with van der Waals surface area (Å²) in [5.41, 5.74) is 2.88. The third kappa shape index (κ3) is 3.92. The van der Waals surface area contributed by atoms with Crippen molar-refractivity contribution in [3.8, 4) is 11.5 Å². The lowest BCUT2D eigenvalue weighted by molar-refractivity contribution is -0.167. The van der Waals surface area contributed by atoms with Crippen LogP contribution in [0.25, 0.3) is 11.2 Å². The molecule has 0 spiro atoms. The van der Waals surface area contributed by atoms with Gasteiger partial charge in [0.25, 0.3) is 5.56 Å². The van der Waals surface area contributed by atoms with Crippen LogP contribution in [0.1, 0.15) is 43.5 Å². The summed E-state index contributed by atoms with van der Waals surface area (Å²) in [5, 5.41) is 3.72. The van der Waals surface area contributed by atoms with Gasteiger partial charge in [-0.05, 0) is 51.2 Å². The second-order valence-corrected chi connectivity index (χ2v) is 9.72. The number of rotatable bonds is 6. The second kappa shape index (κ2) is 8.32. The first kappa shape index (κ1) is 21.5. The van der Waals surface area contributed by atoms with Gasteiger partial charge >= 0.3 is 0 Å². The molecule has 0 atom stereocenters. The molecule has 3 aliphatic heterocycles. The number of nitrogens with zero attached hydrogens (tertiary/aromatic N) is 4. The zero-order valence-corrected chi connectivity index (χ0v) is 19.4. The summed E-state index contributed by atoms with van der Waals surface area (Å²) in [6.45, 7) is 4.98. The van der Waals surface area contributed by atoms with Gasteiger partial charge < -0.3 is 19.5 Å². The van der Waals surface area contributed by atoms with Crippen LogP contribution in [-0.2, 0) is 17.8 Å². The summed E-state index contributed by atoms with van der Waals surface area (Å²) >= 11 is 0. The summed E-state index contributed by atoms with van der Waals surface area (Å²) in [5.74, 6) is 1.48. The molecule has 9 nitrogen and oxygen atoms in total. The molecule has 3 fully saturated rings. The van der Waals surface area contributed by atoms with E-state index in [0.29, 0.717) is 44.3 Å². The van der Waals surface area contributed by atoms with Crippen LogP contribution >= 0.6 is 0 Å². The molecule has 1 N–H and O–H groups in total. The monoisotopic (exact) mass is 463 g/mol. The molecule has 3 aromatic heterocycles. The molecule has 3 aromatic rings. The first-order valence-corrected chi connectivity index (χ1v) is 12.0. The maximum absolute atomic E-state index is 12.6. The largest absolute Gasteiger partial charge is 0.486 e. The van der Waals surface area contributed by atoms with Gasteiger partial charge in [-0.15, -0.1) is 0 Å². The number of aryl methyl sites for hydroxylation is 2. The molecule has 2 bridgehead atoms. The quantitative estimate of drug-likeness (QED) is 0.595. The Balaban J connectivity index is 1.10. The van der Waals surface area contributed by atoms with Gasteiger partial charge in [-0.2, -0.15) is 0 Å². The van der Waals surface area contributed by atoms with E-state index < -0.39 is 0 Å². The molecule has 1 aliphatic carbocycles. The Bertz CT molecular complexity index is 1270. The van der Waals surface area contributed by atoms with Gasteiger partial charge in [-0.3, -0.25) is 14.3 Å². The highest BCUT2D eigenvalue weighted by Gasteiger charge is 2.49. The molecule has 178 valence electrons. The van der Waals surface area contributed by atoms with E-state index in [2.05, 4.69) is 20.3 Å². The first-order chi connectivity index (χ1) is 16.5. The number of hydrogen-bond acceptors (Lipinski definition) is 8. The van der Waals surface area contributed by atoms with Crippen LogP contribution in [-0.4, -0.2) is 50.5 Å². The Kier molecular flexibility index (Phi) is 5.26. The highest BCUT2D eigenvalue weighted by Crippen LogP contribution is 2.45. The van der Waals surface area contributed by atoms with Gasteiger partial charge in [0.05, 0.1) is 30.3 Å². The lowest BCUT2D eigenvalue weighted by Gasteiger charge is -2.53. The average molecular weight is 464 g/mol. The summed E-state index contributed by atoms with van der Waals surface area (Å²) < 4.78 is 19.5. The Morgan fingerprint density at radius 3 is 2.68 bits per heavy atom. The van der Waals surface area contributed by atoms with Crippen LogP contribution in [0.5, 0.6) is 11.5 Å². The molecule has 0 aromatic carbocycles. The Morgan fingerprint density at radius 1 is 1.06 bits per heavy atom. The van der Waals surface area contributed by atoms with Gasteiger partial charge in [0.15, 0.2) is 17.1 Å². The van der Waals surface area contributed by atoms with E-state index in [9.17, 15) is 4.79 Å². The van der Waals surface area contributed by atoms with Crippen LogP contribution in [0.2, 0.25) is 0 Å². The van der Waals surface area contributed by atoms with Gasteiger partial charge in [0, 0.05) is 30.4 Å². The standard InChI is InChI=1S/C25H29N5O4/c1-17-2-3-19-23(29-17)30(22(31)15-27-19)9-8-25-6-4-24(5-7-25,16-34-25)28-13-18-12-20-21(14-26-18)33-11-10-32-20/h2-3,12,14-15,28H,4-11,13,16H2,1H3. The lowest BCUT2D eigenvalue weighted by atomic mass is 9.70. The van der Waals surface area contributed by atoms with Gasteiger partial charge in [-0.1, -0.05) is 0 Å². The fourth-order valence-electron chi connectivity index (χ4n) is 5.34. The Hall–Kier alpha value is -3.04. The fraction of sp³-hybridized carbons (Fsp3) is 0.520. The van der Waals surface area contributed by atoms with Crippen LogP contribution in [0, 0.1) is 6.92 Å². The predicted molar refractivity (Wildman–Crippen MR) is 125 cm³/mol. The molecule has 0 radical (unpaired) electrons. The van der Waals surface area contributed by atoms with Gasteiger partial charge in [-0.25, -0.2) is 9.97 Å². The lowest BCUT2D eigenvalue weighted by Crippen LogP contribution is -2.61. The van der Waals surface area contributed by atoms with Crippen molar-refractivity contribution in [1.82, 2.24) is 24.8 Å². The van der Waals surface area contributed by atoms with Crippen molar-refractivity contribution in [2.45, 2.75) is 63.3 Å². The average Bonchev–Trinajstić information content (AvgIpc) is 2.88. The second-order valence-electron chi connectivity index (χ2n) is 9.72. The smallest absolute Gasteiger partial charge is 0.270 e. The van der Waals surface area contributed by atoms with E-state index >= 15 is 0 Å². The molecular weight excluding hydrogens is 434 g/mol. The zero-order valence-electron chi connectivity index (χ0n) is 19.4. The number of hydrogen-bond donors (Lipinski definition) is 1. The van der Waals surface area contributed by atoms with Crippen LogP contribution in [0.3, 0.4) is 0 Å². The van der Waals surface area contributed by atoms with Crippen molar-refractivity contribution in [1.29, 1.82) is 0 Å². The predicted octanol–water partition coefficient (Wildman–Crippen LogP) is 2.53. The molecule has 1 saturated carbocycles. The number of pyridine rings is 2. The van der Waals surface area contributed by atoms with E-state index in [0.717, 1.165) is 54.8 Å². The highest BCUT2D eigenvalue weighted by atomic mass is 16.6. The summed E-state index contributed by atoms with van der Waals surface area (Å²) in [6, 6.07) is 5.79. The van der Waals surface area contributed by atoms with Gasteiger partial charge in [0.2, 0.25) is 0 Å². The normalized spacial score (nSPS) is 25.6. The number of ether oxygens (including phenoxy) is 3. The molecule has 2 saturated heterocycles. The molecule has 6 heterocycles. The van der Waals surface area contributed by atoms with Crippen molar-refractivity contribution >= 4 is 11.2 Å². The van der Waals surface area contributed by atoms with E-state index in [4.69, 9.17) is 14.2 Å². The van der Waals surface area contributed by atoms with Crippen molar-refractivity contribution in [3.05, 3.63) is 52.3 Å². The summed E-state index contributed by atoms with van der Waals surface area (Å²) in [7, 11) is 0. The van der Waals surface area contributed by atoms with Crippen molar-refractivity contribution in [3.63, 3.8) is 0 Å². The Labute approximate surface area is 197 Å². The maximum Gasteiger partial charge on any atom is 0.270 e. The topological polar surface area (TPSA) is 100 Å². The molecular formula is C25H29N5O4. The summed E-state index contributed by atoms with van der Waals surface area (Å²) in [4.78, 5) is 25.9. The van der Waals surface area contributed by atoms with Crippen molar-refractivity contribution in [2.75, 3.05) is 19.8 Å². The van der Waals surface area contributed by atoms with E-state index in [1.165, 1.54) is 6.20 Å². The van der Waals surface area contributed by atoms with Crippen molar-refractivity contribution in [2.24, 2.45) is 0 Å². The SMILES string of the molecule is Cc1ccc2ncc(=O)n(CCC34CCC(NCc5cc6c(cn5)OCCO6)(CC3)CO4)c2n1. The minimum absolute atomic E-state index is 0.0322. The molecule has 9 heteroatoms. The summed E-state index contributed by atoms with van der Waals surface area (Å²) in [6.07, 6.45) is 7.95. The fourth-order valence-corrected chi connectivity index (χ4v) is 5.34. The van der Waals surface area contributed by atoms with Gasteiger partial charge in [0.1, 0.15) is 18.7 Å². The van der Waals surface area contributed by atoms with Crippen LogP contribution < -0.4 is 20.3 Å². The van der Waals surface area contributed by atoms with E-state index in [-0.39, 0.29) is 16.7 Å². The minimum atomic E-state index is -0.183. The molecule has 7 rings (SSSR count). The number of fused-ring (bicyclic) bond motifs is 5. The molecule has 0 amide bonds. The maximum atomic E-state index is 12.6. The molecule has 0 unspecified atom stereocenters. The minimum Gasteiger partial charge on any atom is -0.486 e. The van der Waals surface area contributed by atoms with Crippen molar-refractivity contribution < 1.29 is 14.2 Å². The Morgan fingerprint density at radius 2 is 1.88 bits per heavy atom. The third-order valence-corrected chi connectivity index (χ3v) is 7.52. The third-order valence-electron chi connectivity index (χ3n) is 7.52. The number of aromatic nitrogens is 4. The zero-order chi connectivity index (χ0) is 23.2. The highest BCUT2D eigenvalue weighted by molar-refractivity contribution is 5.69. The van der Waals surface area contributed by atoms with E-state index in [1.807, 2.05) is 25.1 Å². The molecule has 4 aliphatic rings. The number of nitrogens with one attached hydrogen (secondary N) is 1. The van der Waals surface area contributed by atoms with E-state index in [1.54, 1.807) is 10.8 Å².